The minimum absolute atomic E-state index is 0.0692. The molecule has 1 atom stereocenters. The molecular formula is C16H23FN2O2. The normalized spacial score (nSPS) is 16.3. The molecule has 2 rings (SSSR count). The van der Waals surface area contributed by atoms with Gasteiger partial charge in [0.2, 0.25) is 5.91 Å². The van der Waals surface area contributed by atoms with Gasteiger partial charge in [0.05, 0.1) is 7.11 Å². The van der Waals surface area contributed by atoms with E-state index < -0.39 is 0 Å². The number of nitrogens with one attached hydrogen (secondary N) is 1. The van der Waals surface area contributed by atoms with E-state index in [1.165, 1.54) is 13.2 Å². The maximum Gasteiger partial charge on any atom is 0.222 e. The van der Waals surface area contributed by atoms with E-state index in [-0.39, 0.29) is 23.5 Å². The Morgan fingerprint density at radius 1 is 1.48 bits per heavy atom. The summed E-state index contributed by atoms with van der Waals surface area (Å²) in [6.07, 6.45) is 2.58. The van der Waals surface area contributed by atoms with Crippen LogP contribution in [0, 0.1) is 5.82 Å². The van der Waals surface area contributed by atoms with E-state index >= 15 is 0 Å². The van der Waals surface area contributed by atoms with Crippen molar-refractivity contribution in [2.24, 2.45) is 0 Å². The molecule has 1 aromatic carbocycles. The second-order valence-electron chi connectivity index (χ2n) is 5.41. The summed E-state index contributed by atoms with van der Waals surface area (Å²) >= 11 is 0. The van der Waals surface area contributed by atoms with Crippen LogP contribution in [0.5, 0.6) is 5.75 Å². The average molecular weight is 294 g/mol. The Hall–Kier alpha value is -1.62. The molecule has 1 N–H and O–H groups in total. The number of carbonyl (C=O) groups is 1. The number of halogens is 1. The molecule has 1 aliphatic rings. The summed E-state index contributed by atoms with van der Waals surface area (Å²) in [5.41, 5.74) is 0.894. The number of nitrogens with zero attached hydrogens (tertiary/aromatic N) is 1. The molecular weight excluding hydrogens is 271 g/mol. The number of hydrogen-bond donors (Lipinski definition) is 1. The molecule has 21 heavy (non-hydrogen) atoms. The summed E-state index contributed by atoms with van der Waals surface area (Å²) in [5, 5.41) is 3.36. The zero-order valence-corrected chi connectivity index (χ0v) is 12.7. The summed E-state index contributed by atoms with van der Waals surface area (Å²) in [6, 6.07) is 5.08. The summed E-state index contributed by atoms with van der Waals surface area (Å²) < 4.78 is 18.6. The number of rotatable bonds is 7. The lowest BCUT2D eigenvalue weighted by Gasteiger charge is -2.18. The van der Waals surface area contributed by atoms with Crippen molar-refractivity contribution < 1.29 is 13.9 Å². The first kappa shape index (κ1) is 15.8. The van der Waals surface area contributed by atoms with Gasteiger partial charge < -0.3 is 15.0 Å². The van der Waals surface area contributed by atoms with E-state index in [2.05, 4.69) is 5.32 Å². The van der Waals surface area contributed by atoms with E-state index in [4.69, 9.17) is 4.74 Å². The first-order valence-electron chi connectivity index (χ1n) is 7.46. The molecule has 1 aromatic rings. The Labute approximate surface area is 125 Å². The van der Waals surface area contributed by atoms with Gasteiger partial charge in [-0.3, -0.25) is 4.79 Å². The minimum atomic E-state index is -0.341. The third kappa shape index (κ3) is 4.17. The molecule has 0 radical (unpaired) electrons. The fraction of sp³-hybridized carbons (Fsp3) is 0.562. The van der Waals surface area contributed by atoms with Crippen molar-refractivity contribution in [2.45, 2.75) is 32.2 Å². The van der Waals surface area contributed by atoms with Crippen LogP contribution in [-0.4, -0.2) is 37.6 Å². The first-order chi connectivity index (χ1) is 10.1. The fourth-order valence-electron chi connectivity index (χ4n) is 2.60. The first-order valence-corrected chi connectivity index (χ1v) is 7.46. The molecule has 5 heteroatoms. The van der Waals surface area contributed by atoms with Gasteiger partial charge in [-0.25, -0.2) is 4.39 Å². The predicted molar refractivity (Wildman–Crippen MR) is 79.8 cm³/mol. The van der Waals surface area contributed by atoms with Crippen molar-refractivity contribution in [3.05, 3.63) is 29.6 Å². The van der Waals surface area contributed by atoms with Crippen LogP contribution in [0.15, 0.2) is 18.2 Å². The molecule has 116 valence electrons. The summed E-state index contributed by atoms with van der Waals surface area (Å²) in [6.45, 7) is 4.49. The van der Waals surface area contributed by atoms with Crippen molar-refractivity contribution >= 4 is 5.91 Å². The van der Waals surface area contributed by atoms with Gasteiger partial charge in [-0.05, 0) is 44.0 Å². The zero-order valence-electron chi connectivity index (χ0n) is 12.7. The van der Waals surface area contributed by atoms with Crippen LogP contribution in [0.2, 0.25) is 0 Å². The highest BCUT2D eigenvalue weighted by Crippen LogP contribution is 2.21. The maximum atomic E-state index is 13.6. The molecule has 1 aliphatic heterocycles. The molecule has 0 bridgehead atoms. The summed E-state index contributed by atoms with van der Waals surface area (Å²) in [5.74, 6) is 0.185. The monoisotopic (exact) mass is 294 g/mol. The number of hydrogen-bond acceptors (Lipinski definition) is 3. The third-order valence-electron chi connectivity index (χ3n) is 3.90. The average Bonchev–Trinajstić information content (AvgIpc) is 2.88. The molecule has 4 nitrogen and oxygen atoms in total. The van der Waals surface area contributed by atoms with E-state index in [0.717, 1.165) is 38.0 Å². The quantitative estimate of drug-likeness (QED) is 0.786. The topological polar surface area (TPSA) is 41.6 Å². The van der Waals surface area contributed by atoms with Crippen molar-refractivity contribution in [1.82, 2.24) is 10.2 Å². The fourth-order valence-corrected chi connectivity index (χ4v) is 2.60. The van der Waals surface area contributed by atoms with Crippen LogP contribution >= 0.6 is 0 Å². The van der Waals surface area contributed by atoms with Gasteiger partial charge in [0.1, 0.15) is 0 Å². The molecule has 0 spiro atoms. The number of carbonyl (C=O) groups excluding carboxylic acids is 1. The molecule has 1 fully saturated rings. The van der Waals surface area contributed by atoms with Gasteiger partial charge in [0, 0.05) is 25.6 Å². The molecule has 0 unspecified atom stereocenters. The molecule has 0 aromatic heterocycles. The number of ether oxygens (including phenoxy) is 1. The minimum Gasteiger partial charge on any atom is -0.494 e. The van der Waals surface area contributed by atoms with Crippen LogP contribution in [0.1, 0.15) is 37.8 Å². The molecule has 0 aliphatic carbocycles. The predicted octanol–water partition coefficient (Wildman–Crippen LogP) is 2.50. The Balaban J connectivity index is 1.75. The number of methoxy groups -OCH3 is 1. The number of benzene rings is 1. The van der Waals surface area contributed by atoms with Gasteiger partial charge in [-0.1, -0.05) is 6.07 Å². The third-order valence-corrected chi connectivity index (χ3v) is 3.90. The smallest absolute Gasteiger partial charge is 0.222 e. The summed E-state index contributed by atoms with van der Waals surface area (Å²) in [7, 11) is 1.46. The number of likely N-dealkylation sites (tertiary alicyclic amines) is 1. The highest BCUT2D eigenvalue weighted by molar-refractivity contribution is 5.77. The lowest BCUT2D eigenvalue weighted by atomic mass is 10.1. The van der Waals surface area contributed by atoms with Gasteiger partial charge in [0.15, 0.2) is 11.6 Å². The number of amides is 1. The Morgan fingerprint density at radius 2 is 2.29 bits per heavy atom. The Bertz CT molecular complexity index is 493. The van der Waals surface area contributed by atoms with Crippen LogP contribution in [-0.2, 0) is 4.79 Å². The van der Waals surface area contributed by atoms with Crippen LogP contribution in [0.3, 0.4) is 0 Å². The highest BCUT2D eigenvalue weighted by atomic mass is 19.1. The zero-order chi connectivity index (χ0) is 15.2. The largest absolute Gasteiger partial charge is 0.494 e. The second-order valence-corrected chi connectivity index (χ2v) is 5.41. The Morgan fingerprint density at radius 3 is 2.90 bits per heavy atom. The van der Waals surface area contributed by atoms with Crippen molar-refractivity contribution in [3.63, 3.8) is 0 Å². The van der Waals surface area contributed by atoms with Crippen LogP contribution in [0.25, 0.3) is 0 Å². The standard InChI is InChI=1S/C16H23FN2O2/c1-12(13-6-7-15(21-2)14(17)11-13)18-8-4-10-19-9-3-5-16(19)20/h6-7,11-12,18H,3-5,8-10H2,1-2H3/t12-/m1/s1. The second kappa shape index (κ2) is 7.41. The van der Waals surface area contributed by atoms with Gasteiger partial charge in [-0.15, -0.1) is 0 Å². The summed E-state index contributed by atoms with van der Waals surface area (Å²) in [4.78, 5) is 13.4. The lowest BCUT2D eigenvalue weighted by Crippen LogP contribution is -2.29. The SMILES string of the molecule is COc1ccc([C@@H](C)NCCCN2CCCC2=O)cc1F. The van der Waals surface area contributed by atoms with Crippen LogP contribution < -0.4 is 10.1 Å². The van der Waals surface area contributed by atoms with Gasteiger partial charge >= 0.3 is 0 Å². The van der Waals surface area contributed by atoms with Crippen molar-refractivity contribution in [1.29, 1.82) is 0 Å². The van der Waals surface area contributed by atoms with E-state index in [1.54, 1.807) is 6.07 Å². The highest BCUT2D eigenvalue weighted by Gasteiger charge is 2.19. The van der Waals surface area contributed by atoms with Crippen molar-refractivity contribution in [3.8, 4) is 5.75 Å². The maximum absolute atomic E-state index is 13.6. The molecule has 1 heterocycles. The van der Waals surface area contributed by atoms with Crippen LogP contribution in [0.4, 0.5) is 4.39 Å². The molecule has 1 saturated heterocycles. The van der Waals surface area contributed by atoms with Gasteiger partial charge in [-0.2, -0.15) is 0 Å². The van der Waals surface area contributed by atoms with E-state index in [0.29, 0.717) is 6.42 Å². The van der Waals surface area contributed by atoms with Gasteiger partial charge in [0.25, 0.3) is 0 Å². The van der Waals surface area contributed by atoms with Crippen molar-refractivity contribution in [2.75, 3.05) is 26.7 Å². The molecule has 1 amide bonds. The van der Waals surface area contributed by atoms with E-state index in [1.807, 2.05) is 17.9 Å². The Kier molecular flexibility index (Phi) is 5.56. The molecule has 0 saturated carbocycles. The lowest BCUT2D eigenvalue weighted by molar-refractivity contribution is -0.127. The van der Waals surface area contributed by atoms with E-state index in [9.17, 15) is 9.18 Å².